The fourth-order valence-corrected chi connectivity index (χ4v) is 3.90. The molecule has 4 heterocycles. The van der Waals surface area contributed by atoms with Crippen LogP contribution in [0, 0.1) is 0 Å². The summed E-state index contributed by atoms with van der Waals surface area (Å²) in [6.07, 6.45) is 6.32. The van der Waals surface area contributed by atoms with Crippen molar-refractivity contribution in [2.75, 3.05) is 18.6 Å². The van der Waals surface area contributed by atoms with Crippen LogP contribution in [0.5, 0.6) is 0 Å². The van der Waals surface area contributed by atoms with Gasteiger partial charge in [0.05, 0.1) is 16.3 Å². The molecule has 0 radical (unpaired) electrons. The minimum absolute atomic E-state index is 0.0312. The quantitative estimate of drug-likeness (QED) is 0.744. The summed E-state index contributed by atoms with van der Waals surface area (Å²) in [6, 6.07) is 6.31. The first-order valence-electron chi connectivity index (χ1n) is 7.27. The molecule has 4 rings (SSSR count). The van der Waals surface area contributed by atoms with Crippen molar-refractivity contribution in [2.45, 2.75) is 18.6 Å². The lowest BCUT2D eigenvalue weighted by atomic mass is 10.0. The van der Waals surface area contributed by atoms with Crippen molar-refractivity contribution in [3.05, 3.63) is 47.9 Å². The van der Waals surface area contributed by atoms with Crippen molar-refractivity contribution in [1.29, 1.82) is 0 Å². The zero-order valence-corrected chi connectivity index (χ0v) is 13.0. The Balaban J connectivity index is 1.70. The van der Waals surface area contributed by atoms with Gasteiger partial charge in [0, 0.05) is 31.6 Å². The minimum atomic E-state index is 0.0312. The monoisotopic (exact) mass is 312 g/mol. The maximum absolute atomic E-state index is 5.97. The van der Waals surface area contributed by atoms with Crippen LogP contribution in [0.1, 0.15) is 18.1 Å². The number of ether oxygens (including phenoxy) is 1. The van der Waals surface area contributed by atoms with Gasteiger partial charge in [0.25, 0.3) is 0 Å². The molecule has 22 heavy (non-hydrogen) atoms. The van der Waals surface area contributed by atoms with Gasteiger partial charge in [0.1, 0.15) is 18.2 Å². The molecule has 112 valence electrons. The predicted octanol–water partition coefficient (Wildman–Crippen LogP) is 3.05. The van der Waals surface area contributed by atoms with E-state index in [1.165, 1.54) is 0 Å². The second kappa shape index (κ2) is 5.62. The fraction of sp³-hybridized carbons (Fsp3) is 0.312. The average molecular weight is 312 g/mol. The smallest absolute Gasteiger partial charge is 0.150 e. The maximum atomic E-state index is 5.97. The predicted molar refractivity (Wildman–Crippen MR) is 87.2 cm³/mol. The maximum Gasteiger partial charge on any atom is 0.150 e. The number of anilines is 1. The molecule has 1 saturated heterocycles. The number of likely N-dealkylation sites (N-methyl/N-ethyl adjacent to an activating group) is 1. The van der Waals surface area contributed by atoms with E-state index >= 15 is 0 Å². The van der Waals surface area contributed by atoms with Gasteiger partial charge >= 0.3 is 0 Å². The Morgan fingerprint density at radius 1 is 1.32 bits per heavy atom. The third kappa shape index (κ3) is 2.24. The molecule has 0 unspecified atom stereocenters. The SMILES string of the molecule is CN(c1ncnc2ccsc12)[C@H]1CCO[C@@H]1c1cccnc1. The largest absolute Gasteiger partial charge is 0.371 e. The number of thiophene rings is 1. The number of pyridine rings is 1. The molecule has 0 aliphatic carbocycles. The molecule has 0 amide bonds. The molecule has 1 fully saturated rings. The molecule has 1 aliphatic heterocycles. The zero-order chi connectivity index (χ0) is 14.9. The first kappa shape index (κ1) is 13.6. The molecular formula is C16H16N4OS. The van der Waals surface area contributed by atoms with E-state index in [0.29, 0.717) is 0 Å². The lowest BCUT2D eigenvalue weighted by Crippen LogP contribution is -2.34. The lowest BCUT2D eigenvalue weighted by Gasteiger charge is -2.29. The van der Waals surface area contributed by atoms with Gasteiger partial charge in [0.2, 0.25) is 0 Å². The van der Waals surface area contributed by atoms with E-state index in [4.69, 9.17) is 4.74 Å². The van der Waals surface area contributed by atoms with Crippen LogP contribution in [0.3, 0.4) is 0 Å². The molecule has 3 aromatic heterocycles. The van der Waals surface area contributed by atoms with Gasteiger partial charge in [-0.25, -0.2) is 9.97 Å². The van der Waals surface area contributed by atoms with Crippen molar-refractivity contribution in [1.82, 2.24) is 15.0 Å². The third-order valence-electron chi connectivity index (χ3n) is 4.13. The van der Waals surface area contributed by atoms with E-state index in [-0.39, 0.29) is 12.1 Å². The lowest BCUT2D eigenvalue weighted by molar-refractivity contribution is 0.104. The summed E-state index contributed by atoms with van der Waals surface area (Å²) < 4.78 is 7.09. The van der Waals surface area contributed by atoms with Crippen LogP contribution in [-0.2, 0) is 4.74 Å². The van der Waals surface area contributed by atoms with Gasteiger partial charge in [-0.15, -0.1) is 11.3 Å². The summed E-state index contributed by atoms with van der Waals surface area (Å²) in [7, 11) is 2.09. The summed E-state index contributed by atoms with van der Waals surface area (Å²) in [4.78, 5) is 15.3. The van der Waals surface area contributed by atoms with Crippen LogP contribution in [0.4, 0.5) is 5.82 Å². The standard InChI is InChI=1S/C16H16N4OS/c1-20(16-15-12(5-8-22-15)18-10-19-16)13-4-7-21-14(13)11-3-2-6-17-9-11/h2-3,5-6,8-10,13-14H,4,7H2,1H3/t13-,14+/m0/s1. The number of hydrogen-bond donors (Lipinski definition) is 0. The normalized spacial score (nSPS) is 21.3. The van der Waals surface area contributed by atoms with Gasteiger partial charge in [-0.3, -0.25) is 4.98 Å². The van der Waals surface area contributed by atoms with Gasteiger partial charge in [-0.2, -0.15) is 0 Å². The van der Waals surface area contributed by atoms with Crippen LogP contribution in [0.15, 0.2) is 42.3 Å². The number of aromatic nitrogens is 3. The molecule has 0 N–H and O–H groups in total. The van der Waals surface area contributed by atoms with E-state index in [0.717, 1.165) is 34.6 Å². The van der Waals surface area contributed by atoms with Crippen LogP contribution < -0.4 is 4.90 Å². The first-order chi connectivity index (χ1) is 10.8. The number of rotatable bonds is 3. The van der Waals surface area contributed by atoms with E-state index in [1.807, 2.05) is 18.3 Å². The molecule has 0 saturated carbocycles. The highest BCUT2D eigenvalue weighted by atomic mass is 32.1. The van der Waals surface area contributed by atoms with Crippen LogP contribution in [0.25, 0.3) is 10.2 Å². The van der Waals surface area contributed by atoms with Crippen molar-refractivity contribution >= 4 is 27.4 Å². The highest BCUT2D eigenvalue weighted by molar-refractivity contribution is 7.17. The molecule has 1 aliphatic rings. The molecule has 3 aromatic rings. The average Bonchev–Trinajstić information content (AvgIpc) is 3.23. The van der Waals surface area contributed by atoms with E-state index in [2.05, 4.69) is 38.3 Å². The van der Waals surface area contributed by atoms with Crippen LogP contribution in [0.2, 0.25) is 0 Å². The fourth-order valence-electron chi connectivity index (χ4n) is 3.02. The molecular weight excluding hydrogens is 296 g/mol. The Hall–Kier alpha value is -2.05. The van der Waals surface area contributed by atoms with E-state index in [9.17, 15) is 0 Å². The summed E-state index contributed by atoms with van der Waals surface area (Å²) in [5, 5.41) is 2.06. The van der Waals surface area contributed by atoms with Crippen molar-refractivity contribution in [2.24, 2.45) is 0 Å². The molecule has 2 atom stereocenters. The Kier molecular flexibility index (Phi) is 3.48. The Labute approximate surface area is 132 Å². The van der Waals surface area contributed by atoms with Crippen molar-refractivity contribution in [3.63, 3.8) is 0 Å². The Morgan fingerprint density at radius 2 is 2.27 bits per heavy atom. The summed E-state index contributed by atoms with van der Waals surface area (Å²) in [5.74, 6) is 0.976. The molecule has 0 spiro atoms. The second-order valence-electron chi connectivity index (χ2n) is 5.38. The first-order valence-corrected chi connectivity index (χ1v) is 8.15. The Morgan fingerprint density at radius 3 is 3.14 bits per heavy atom. The molecule has 6 heteroatoms. The van der Waals surface area contributed by atoms with Gasteiger partial charge in [0.15, 0.2) is 0 Å². The molecule has 0 aromatic carbocycles. The minimum Gasteiger partial charge on any atom is -0.371 e. The van der Waals surface area contributed by atoms with Gasteiger partial charge in [-0.05, 0) is 23.9 Å². The number of nitrogens with zero attached hydrogens (tertiary/aromatic N) is 4. The third-order valence-corrected chi connectivity index (χ3v) is 5.03. The second-order valence-corrected chi connectivity index (χ2v) is 6.29. The summed E-state index contributed by atoms with van der Waals surface area (Å²) in [6.45, 7) is 0.757. The zero-order valence-electron chi connectivity index (χ0n) is 12.2. The van der Waals surface area contributed by atoms with Crippen molar-refractivity contribution < 1.29 is 4.74 Å². The Bertz CT molecular complexity index is 776. The van der Waals surface area contributed by atoms with Gasteiger partial charge in [-0.1, -0.05) is 6.07 Å². The molecule has 5 nitrogen and oxygen atoms in total. The molecule has 0 bridgehead atoms. The van der Waals surface area contributed by atoms with Gasteiger partial charge < -0.3 is 9.64 Å². The van der Waals surface area contributed by atoms with Crippen molar-refractivity contribution in [3.8, 4) is 0 Å². The summed E-state index contributed by atoms with van der Waals surface area (Å²) in [5.41, 5.74) is 2.12. The van der Waals surface area contributed by atoms with Crippen LogP contribution in [-0.4, -0.2) is 34.6 Å². The highest BCUT2D eigenvalue weighted by Crippen LogP contribution is 2.36. The number of fused-ring (bicyclic) bond motifs is 1. The summed E-state index contributed by atoms with van der Waals surface area (Å²) >= 11 is 1.68. The topological polar surface area (TPSA) is 51.1 Å². The van der Waals surface area contributed by atoms with E-state index in [1.54, 1.807) is 23.9 Å². The van der Waals surface area contributed by atoms with Crippen LogP contribution >= 0.6 is 11.3 Å². The van der Waals surface area contributed by atoms with E-state index < -0.39 is 0 Å². The highest BCUT2D eigenvalue weighted by Gasteiger charge is 2.34. The number of hydrogen-bond acceptors (Lipinski definition) is 6.